The van der Waals surface area contributed by atoms with Crippen molar-refractivity contribution in [2.75, 3.05) is 0 Å². The van der Waals surface area contributed by atoms with Gasteiger partial charge in [0, 0.05) is 0 Å². The predicted molar refractivity (Wildman–Crippen MR) is 66.8 cm³/mol. The molecule has 0 bridgehead atoms. The number of hydrogen-bond donors (Lipinski definition) is 0. The van der Waals surface area contributed by atoms with Crippen LogP contribution >= 0.6 is 0 Å². The van der Waals surface area contributed by atoms with E-state index in [0.717, 1.165) is 0 Å². The van der Waals surface area contributed by atoms with Gasteiger partial charge in [-0.2, -0.15) is 0 Å². The molecule has 1 aromatic rings. The monoisotopic (exact) mass is 662 g/mol. The van der Waals surface area contributed by atoms with E-state index in [1.807, 2.05) is 0 Å². The van der Waals surface area contributed by atoms with E-state index in [9.17, 15) is 19.2 Å². The maximum absolute atomic E-state index is 11.4. The van der Waals surface area contributed by atoms with Crippen LogP contribution in [0.4, 0.5) is 0 Å². The van der Waals surface area contributed by atoms with Crippen LogP contribution in [-0.2, 0) is 0 Å². The number of carbonyl (C=O) groups excluding carboxylic acids is 4. The Balaban J connectivity index is -0.000000405. The van der Waals surface area contributed by atoms with E-state index in [1.165, 1.54) is 12.1 Å². The zero-order valence-electron chi connectivity index (χ0n) is 12.4. The second-order valence-electron chi connectivity index (χ2n) is 3.09. The third-order valence-corrected chi connectivity index (χ3v) is 3.88. The molecule has 12 heteroatoms. The summed E-state index contributed by atoms with van der Waals surface area (Å²) >= 11 is 8.99. The van der Waals surface area contributed by atoms with Crippen molar-refractivity contribution >= 4 is 82.8 Å². The molecule has 0 amide bonds. The number of carbonyl (C=O) groups is 4. The van der Waals surface area contributed by atoms with Crippen molar-refractivity contribution in [3.05, 3.63) is 34.4 Å². The normalized spacial score (nSPS) is 8.00. The zero-order chi connectivity index (χ0) is 14.0. The second-order valence-corrected chi connectivity index (χ2v) is 6.20. The molecule has 0 unspecified atom stereocenters. The zero-order valence-corrected chi connectivity index (χ0v) is 31.8. The fraction of sp³-hybridized carbons (Fsp3) is 0. The number of benzene rings is 1. The van der Waals surface area contributed by atoms with Crippen molar-refractivity contribution in [2.45, 2.75) is 0 Å². The minimum absolute atomic E-state index is 0. The van der Waals surface area contributed by atoms with Crippen LogP contribution in [0.25, 0.3) is 0 Å². The minimum atomic E-state index is -0.477. The molecular weight excluding hydrogens is 656 g/mol. The molecule has 0 radical (unpaired) electrons. The summed E-state index contributed by atoms with van der Waals surface area (Å²) in [6.45, 7) is 0. The first kappa shape index (κ1) is 35.9. The molecule has 0 saturated carbocycles. The Hall–Kier alpha value is 6.52. The summed E-state index contributed by atoms with van der Waals surface area (Å²) in [5, 5.41) is 0. The molecule has 0 aliphatic carbocycles. The molecule has 0 heterocycles. The largest absolute Gasteiger partial charge is 1.00 e. The summed E-state index contributed by atoms with van der Waals surface area (Å²) in [6.07, 6.45) is 0. The SMILES string of the molecule is O=C([Se-])c1cc(C(=O)[Se-])c(C(=O)[Se-])cc1C(=O)[Se-].[K+].[K+].[K+].[K+]. The molecule has 4 nitrogen and oxygen atoms in total. The van der Waals surface area contributed by atoms with Crippen molar-refractivity contribution < 1.29 is 225 Å². The van der Waals surface area contributed by atoms with Crippen molar-refractivity contribution in [1.82, 2.24) is 0 Å². The molecule has 0 spiro atoms. The van der Waals surface area contributed by atoms with Crippen molar-refractivity contribution in [3.8, 4) is 0 Å². The van der Waals surface area contributed by atoms with Gasteiger partial charge in [-0.1, -0.05) is 0 Å². The predicted octanol–water partition coefficient (Wildman–Crippen LogP) is -13.1. The number of rotatable bonds is 4. The van der Waals surface area contributed by atoms with Crippen LogP contribution < -0.4 is 206 Å². The fourth-order valence-corrected chi connectivity index (χ4v) is 2.69. The van der Waals surface area contributed by atoms with Gasteiger partial charge in [0.15, 0.2) is 0 Å². The van der Waals surface area contributed by atoms with E-state index in [-0.39, 0.29) is 228 Å². The van der Waals surface area contributed by atoms with Crippen LogP contribution in [-0.4, -0.2) is 82.8 Å². The molecule has 0 aliphatic rings. The van der Waals surface area contributed by atoms with E-state index < -0.39 is 18.7 Å². The third kappa shape index (κ3) is 11.6. The molecule has 0 aliphatic heterocycles. The van der Waals surface area contributed by atoms with E-state index >= 15 is 0 Å². The van der Waals surface area contributed by atoms with E-state index in [0.29, 0.717) is 0 Å². The van der Waals surface area contributed by atoms with Gasteiger partial charge in [0.05, 0.1) is 0 Å². The van der Waals surface area contributed by atoms with Crippen LogP contribution in [0.15, 0.2) is 12.1 Å². The first-order valence-corrected chi connectivity index (χ1v) is 7.71. The van der Waals surface area contributed by atoms with Crippen LogP contribution in [0.5, 0.6) is 0 Å². The van der Waals surface area contributed by atoms with Crippen molar-refractivity contribution in [1.29, 1.82) is 0 Å². The van der Waals surface area contributed by atoms with E-state index in [2.05, 4.69) is 64.1 Å². The molecule has 0 aromatic heterocycles. The van der Waals surface area contributed by atoms with Gasteiger partial charge in [-0.05, 0) is 0 Å². The average Bonchev–Trinajstić information content (AvgIpc) is 2.26. The van der Waals surface area contributed by atoms with E-state index in [4.69, 9.17) is 0 Å². The summed E-state index contributed by atoms with van der Waals surface area (Å²) in [4.78, 5) is 45.6. The first-order valence-electron chi connectivity index (χ1n) is 4.29. The van der Waals surface area contributed by atoms with Gasteiger partial charge in [-0.15, -0.1) is 0 Å². The quantitative estimate of drug-likeness (QED) is 0.302. The average molecular weight is 658 g/mol. The second kappa shape index (κ2) is 18.3. The Morgan fingerprint density at radius 1 is 0.500 bits per heavy atom. The Bertz CT molecular complexity index is 496. The molecule has 0 saturated heterocycles. The van der Waals surface area contributed by atoms with Gasteiger partial charge in [0.2, 0.25) is 0 Å². The molecule has 0 atom stereocenters. The van der Waals surface area contributed by atoms with Gasteiger partial charge in [0.25, 0.3) is 0 Å². The van der Waals surface area contributed by atoms with Gasteiger partial charge >= 0.3 is 342 Å². The standard InChI is InChI=1S/C10H6O4Se4.4K/c11-7(15)3-1-4(8(12)16)6(10(14)18)2-5(3)9(13)17;;;;/h1-2H,(H,11,15)(H,12,16)(H,13,17)(H,14,18);;;;/q;4*+1/p-4. The van der Waals surface area contributed by atoms with Crippen LogP contribution in [0, 0.1) is 0 Å². The van der Waals surface area contributed by atoms with Crippen molar-refractivity contribution in [3.63, 3.8) is 0 Å². The van der Waals surface area contributed by atoms with E-state index in [1.54, 1.807) is 0 Å². The smallest absolute Gasteiger partial charge is 1.00 e. The van der Waals surface area contributed by atoms with Gasteiger partial charge in [0.1, 0.15) is 0 Å². The molecule has 0 N–H and O–H groups in total. The maximum Gasteiger partial charge on any atom is 1.00 e. The van der Waals surface area contributed by atoms with Gasteiger partial charge < -0.3 is 0 Å². The van der Waals surface area contributed by atoms with Gasteiger partial charge in [-0.3, -0.25) is 0 Å². The molecule has 94 valence electrons. The maximum atomic E-state index is 11.4. The Labute approximate surface area is 331 Å². The summed E-state index contributed by atoms with van der Waals surface area (Å²) in [5.74, 6) is 0. The Morgan fingerprint density at radius 3 is 0.727 bits per heavy atom. The summed E-state index contributed by atoms with van der Waals surface area (Å²) in [6, 6.07) is 2.46. The van der Waals surface area contributed by atoms with Crippen molar-refractivity contribution in [2.24, 2.45) is 0 Å². The minimum Gasteiger partial charge on any atom is 1.00 e. The third-order valence-electron chi connectivity index (χ3n) is 2.04. The Kier molecular flexibility index (Phi) is 29.9. The number of hydrogen-bond acceptors (Lipinski definition) is 4. The molecule has 22 heavy (non-hydrogen) atoms. The summed E-state index contributed by atoms with van der Waals surface area (Å²) in [5.41, 5.74) is 0.231. The Morgan fingerprint density at radius 2 is 0.636 bits per heavy atom. The summed E-state index contributed by atoms with van der Waals surface area (Å²) < 4.78 is -1.91. The topological polar surface area (TPSA) is 68.3 Å². The first-order chi connectivity index (χ1) is 8.25. The van der Waals surface area contributed by atoms with Crippen LogP contribution in [0.3, 0.4) is 0 Å². The molecule has 1 aromatic carbocycles. The molecular formula is C10H2K4O4Se4. The van der Waals surface area contributed by atoms with Crippen LogP contribution in [0.2, 0.25) is 0 Å². The molecule has 1 rings (SSSR count). The van der Waals surface area contributed by atoms with Gasteiger partial charge in [-0.25, -0.2) is 0 Å². The summed E-state index contributed by atoms with van der Waals surface area (Å²) in [7, 11) is 0. The fourth-order valence-electron chi connectivity index (χ4n) is 1.28. The molecule has 0 fully saturated rings. The van der Waals surface area contributed by atoms with Crippen LogP contribution in [0.1, 0.15) is 41.4 Å².